The van der Waals surface area contributed by atoms with Crippen molar-refractivity contribution in [1.29, 1.82) is 10.5 Å². The van der Waals surface area contributed by atoms with E-state index in [1.807, 2.05) is 28.8 Å². The number of nitriles is 2. The summed E-state index contributed by atoms with van der Waals surface area (Å²) in [4.78, 5) is 0. The first-order chi connectivity index (χ1) is 9.28. The molecule has 0 spiro atoms. The molecule has 2 aromatic carbocycles. The molecule has 3 nitrogen and oxygen atoms in total. The summed E-state index contributed by atoms with van der Waals surface area (Å²) in [5.74, 6) is 0. The van der Waals surface area contributed by atoms with Crippen molar-refractivity contribution in [2.24, 2.45) is 0 Å². The first kappa shape index (κ1) is 11.1. The Morgan fingerprint density at radius 2 is 1.37 bits per heavy atom. The van der Waals surface area contributed by atoms with Crippen LogP contribution in [-0.4, -0.2) is 4.57 Å². The number of hydrogen-bond acceptors (Lipinski definition) is 2. The molecule has 3 heteroatoms. The molecule has 0 unspecified atom stereocenters. The lowest BCUT2D eigenvalue weighted by atomic mass is 10.1. The molecule has 1 aromatic heterocycles. The molecule has 0 amide bonds. The largest absolute Gasteiger partial charge is 0.317 e. The molecule has 3 aromatic rings. The average Bonchev–Trinajstić information content (AvgIpc) is 2.79. The summed E-state index contributed by atoms with van der Waals surface area (Å²) in [5, 5.41) is 19.9. The molecule has 0 aliphatic rings. The van der Waals surface area contributed by atoms with Crippen molar-refractivity contribution < 1.29 is 0 Å². The van der Waals surface area contributed by atoms with Crippen molar-refractivity contribution in [3.05, 3.63) is 54.1 Å². The number of fused-ring (bicyclic) bond motifs is 3. The highest BCUT2D eigenvalue weighted by atomic mass is 14.9. The van der Waals surface area contributed by atoms with Gasteiger partial charge in [-0.15, -0.1) is 0 Å². The first-order valence-electron chi connectivity index (χ1n) is 5.79. The number of nitrogens with zero attached hydrogens (tertiary/aromatic N) is 3. The fraction of sp³-hybridized carbons (Fsp3) is 0. The van der Waals surface area contributed by atoms with Crippen LogP contribution in [0.2, 0.25) is 0 Å². The van der Waals surface area contributed by atoms with Crippen LogP contribution in [0, 0.1) is 22.7 Å². The third kappa shape index (κ3) is 1.50. The van der Waals surface area contributed by atoms with Gasteiger partial charge in [0.1, 0.15) is 0 Å². The highest BCUT2D eigenvalue weighted by Crippen LogP contribution is 2.30. The van der Waals surface area contributed by atoms with Gasteiger partial charge < -0.3 is 4.57 Å². The van der Waals surface area contributed by atoms with E-state index in [2.05, 4.69) is 18.7 Å². The Balaban J connectivity index is 2.56. The SMILES string of the molecule is C=Cn1c2ccc(C#N)cc2c2cc(C#N)ccc21. The quantitative estimate of drug-likeness (QED) is 0.655. The van der Waals surface area contributed by atoms with E-state index in [9.17, 15) is 0 Å². The summed E-state index contributed by atoms with van der Waals surface area (Å²) in [5.41, 5.74) is 3.19. The second-order valence-electron chi connectivity index (χ2n) is 4.24. The van der Waals surface area contributed by atoms with Crippen molar-refractivity contribution in [2.45, 2.75) is 0 Å². The van der Waals surface area contributed by atoms with Crippen LogP contribution in [0.15, 0.2) is 43.0 Å². The summed E-state index contributed by atoms with van der Waals surface area (Å²) in [6.07, 6.45) is 1.74. The van der Waals surface area contributed by atoms with Gasteiger partial charge in [-0.05, 0) is 36.4 Å². The van der Waals surface area contributed by atoms with E-state index in [0.717, 1.165) is 21.8 Å². The lowest BCUT2D eigenvalue weighted by Gasteiger charge is -1.98. The zero-order valence-corrected chi connectivity index (χ0v) is 10.1. The van der Waals surface area contributed by atoms with Gasteiger partial charge in [0.15, 0.2) is 0 Å². The Morgan fingerprint density at radius 1 is 0.895 bits per heavy atom. The van der Waals surface area contributed by atoms with Gasteiger partial charge in [0, 0.05) is 17.0 Å². The van der Waals surface area contributed by atoms with Crippen molar-refractivity contribution in [3.63, 3.8) is 0 Å². The third-order valence-electron chi connectivity index (χ3n) is 3.24. The molecule has 3 rings (SSSR count). The Morgan fingerprint density at radius 3 is 1.74 bits per heavy atom. The van der Waals surface area contributed by atoms with E-state index >= 15 is 0 Å². The van der Waals surface area contributed by atoms with E-state index in [0.29, 0.717) is 11.1 Å². The van der Waals surface area contributed by atoms with Crippen molar-refractivity contribution in [2.75, 3.05) is 0 Å². The van der Waals surface area contributed by atoms with Gasteiger partial charge in [0.2, 0.25) is 0 Å². The maximum Gasteiger partial charge on any atom is 0.0991 e. The summed E-state index contributed by atoms with van der Waals surface area (Å²) in [6, 6.07) is 15.3. The van der Waals surface area contributed by atoms with Crippen LogP contribution >= 0.6 is 0 Å². The fourth-order valence-corrected chi connectivity index (χ4v) is 2.39. The van der Waals surface area contributed by atoms with E-state index in [1.165, 1.54) is 0 Å². The zero-order chi connectivity index (χ0) is 13.4. The van der Waals surface area contributed by atoms with E-state index < -0.39 is 0 Å². The Hall–Kier alpha value is -3.04. The molecule has 88 valence electrons. The van der Waals surface area contributed by atoms with Crippen LogP contribution < -0.4 is 0 Å². The number of rotatable bonds is 1. The second kappa shape index (κ2) is 4.01. The molecular formula is C16H9N3. The smallest absolute Gasteiger partial charge is 0.0991 e. The molecule has 0 aliphatic carbocycles. The molecular weight excluding hydrogens is 234 g/mol. The van der Waals surface area contributed by atoms with Gasteiger partial charge in [-0.25, -0.2) is 0 Å². The van der Waals surface area contributed by atoms with E-state index in [1.54, 1.807) is 18.3 Å². The minimum absolute atomic E-state index is 0.609. The molecule has 0 aliphatic heterocycles. The summed E-state index contributed by atoms with van der Waals surface area (Å²) < 4.78 is 1.97. The zero-order valence-electron chi connectivity index (χ0n) is 10.1. The lowest BCUT2D eigenvalue weighted by Crippen LogP contribution is -1.84. The van der Waals surface area contributed by atoms with E-state index in [-0.39, 0.29) is 0 Å². The van der Waals surface area contributed by atoms with Crippen molar-refractivity contribution in [3.8, 4) is 12.1 Å². The number of benzene rings is 2. The molecule has 0 bridgehead atoms. The maximum atomic E-state index is 9.00. The average molecular weight is 243 g/mol. The lowest BCUT2D eigenvalue weighted by molar-refractivity contribution is 1.29. The van der Waals surface area contributed by atoms with Gasteiger partial charge in [-0.3, -0.25) is 0 Å². The molecule has 0 N–H and O–H groups in total. The van der Waals surface area contributed by atoms with E-state index in [4.69, 9.17) is 10.5 Å². The summed E-state index contributed by atoms with van der Waals surface area (Å²) in [6.45, 7) is 3.82. The van der Waals surface area contributed by atoms with Gasteiger partial charge in [0.05, 0.1) is 34.3 Å². The molecule has 19 heavy (non-hydrogen) atoms. The molecule has 0 radical (unpaired) electrons. The normalized spacial score (nSPS) is 10.2. The highest BCUT2D eigenvalue weighted by molar-refractivity contribution is 6.10. The standard InChI is InChI=1S/C16H9N3/c1-2-19-15-5-3-11(9-17)7-13(15)14-8-12(10-18)4-6-16(14)19/h2-8H,1H2. The predicted octanol–water partition coefficient (Wildman–Crippen LogP) is 3.64. The monoisotopic (exact) mass is 243 g/mol. The van der Waals surface area contributed by atoms with Gasteiger partial charge in [0.25, 0.3) is 0 Å². The molecule has 0 saturated heterocycles. The molecule has 0 atom stereocenters. The van der Waals surface area contributed by atoms with Gasteiger partial charge in [-0.1, -0.05) is 6.58 Å². The van der Waals surface area contributed by atoms with Crippen LogP contribution in [0.25, 0.3) is 28.0 Å². The van der Waals surface area contributed by atoms with Crippen LogP contribution in [0.3, 0.4) is 0 Å². The third-order valence-corrected chi connectivity index (χ3v) is 3.24. The number of hydrogen-bond donors (Lipinski definition) is 0. The highest BCUT2D eigenvalue weighted by Gasteiger charge is 2.10. The fourth-order valence-electron chi connectivity index (χ4n) is 2.39. The van der Waals surface area contributed by atoms with Gasteiger partial charge >= 0.3 is 0 Å². The minimum Gasteiger partial charge on any atom is -0.317 e. The Kier molecular flexibility index (Phi) is 2.34. The van der Waals surface area contributed by atoms with Crippen molar-refractivity contribution in [1.82, 2.24) is 4.57 Å². The van der Waals surface area contributed by atoms with Crippen LogP contribution in [0.5, 0.6) is 0 Å². The Labute approximate surface area is 110 Å². The van der Waals surface area contributed by atoms with Crippen LogP contribution in [-0.2, 0) is 0 Å². The maximum absolute atomic E-state index is 9.00. The minimum atomic E-state index is 0.609. The van der Waals surface area contributed by atoms with Gasteiger partial charge in [-0.2, -0.15) is 10.5 Å². The Bertz CT molecular complexity index is 830. The molecule has 0 fully saturated rings. The summed E-state index contributed by atoms with van der Waals surface area (Å²) >= 11 is 0. The molecule has 0 saturated carbocycles. The van der Waals surface area contributed by atoms with Crippen LogP contribution in [0.1, 0.15) is 11.1 Å². The predicted molar refractivity (Wildman–Crippen MR) is 75.3 cm³/mol. The number of aromatic nitrogens is 1. The van der Waals surface area contributed by atoms with Crippen LogP contribution in [0.4, 0.5) is 0 Å². The first-order valence-corrected chi connectivity index (χ1v) is 5.79. The topological polar surface area (TPSA) is 52.5 Å². The van der Waals surface area contributed by atoms with Crippen molar-refractivity contribution >= 4 is 28.0 Å². The molecule has 1 heterocycles. The summed E-state index contributed by atoms with van der Waals surface area (Å²) in [7, 11) is 0. The second-order valence-corrected chi connectivity index (χ2v) is 4.24.